The van der Waals surface area contributed by atoms with Gasteiger partial charge in [-0.25, -0.2) is 9.59 Å². The van der Waals surface area contributed by atoms with Crippen LogP contribution in [0.2, 0.25) is 0 Å². The molecule has 2 aliphatic heterocycles. The van der Waals surface area contributed by atoms with Gasteiger partial charge in [0.2, 0.25) is 0 Å². The fourth-order valence-corrected chi connectivity index (χ4v) is 8.24. The Hall–Kier alpha value is -4.16. The lowest BCUT2D eigenvalue weighted by Crippen LogP contribution is -2.43. The number of carbonyl (C=O) groups is 2. The van der Waals surface area contributed by atoms with Crippen molar-refractivity contribution in [2.75, 3.05) is 43.9 Å². The second-order valence-corrected chi connectivity index (χ2v) is 15.7. The number of aryl methyl sites for hydroxylation is 1. The minimum absolute atomic E-state index is 0.126. The van der Waals surface area contributed by atoms with Crippen molar-refractivity contribution < 1.29 is 23.9 Å². The van der Waals surface area contributed by atoms with Crippen LogP contribution >= 0.6 is 11.3 Å². The third-order valence-electron chi connectivity index (χ3n) is 9.58. The van der Waals surface area contributed by atoms with Crippen molar-refractivity contribution >= 4 is 40.1 Å². The fraction of sp³-hybridized carbons (Fsp3) is 0.647. The molecule has 0 aromatic carbocycles. The Bertz CT molecular complexity index is 1630. The molecule has 49 heavy (non-hydrogen) atoms. The number of hydrogen-bond acceptors (Lipinski definition) is 13. The minimum atomic E-state index is -1.11. The van der Waals surface area contributed by atoms with Gasteiger partial charge in [0.1, 0.15) is 34.3 Å². The Morgan fingerprint density at radius 3 is 2.63 bits per heavy atom. The molecule has 3 aliphatic rings. The molecule has 0 saturated carbocycles. The van der Waals surface area contributed by atoms with E-state index in [1.54, 1.807) is 17.9 Å². The highest BCUT2D eigenvalue weighted by Crippen LogP contribution is 2.46. The van der Waals surface area contributed by atoms with Crippen LogP contribution in [0.4, 0.5) is 15.6 Å². The monoisotopic (exact) mass is 695 g/mol. The SMILES string of the molecule is C[C@H](Oc1nc(/C(N)=N/OC(=O)[C@@]2(C)CCCc3sc(N)c(C#N)c32)cc(N2CCCN(C(=O)OC(C)(C)C)C[C@@H]2C)n1)[C@@H]1CCCN1C. The molecule has 14 nitrogen and oxygen atoms in total. The first-order valence-corrected chi connectivity index (χ1v) is 17.8. The van der Waals surface area contributed by atoms with Crippen molar-refractivity contribution in [1.82, 2.24) is 19.8 Å². The molecule has 0 radical (unpaired) electrons. The number of nitrogens with zero attached hydrogens (tertiary/aromatic N) is 7. The average Bonchev–Trinajstić information content (AvgIpc) is 3.55. The molecule has 4 N–H and O–H groups in total. The van der Waals surface area contributed by atoms with Crippen LogP contribution in [0.5, 0.6) is 6.01 Å². The molecule has 2 saturated heterocycles. The minimum Gasteiger partial charge on any atom is -0.459 e. The molecule has 266 valence electrons. The summed E-state index contributed by atoms with van der Waals surface area (Å²) in [5.41, 5.74) is 12.0. The van der Waals surface area contributed by atoms with Gasteiger partial charge >= 0.3 is 18.1 Å². The topological polar surface area (TPSA) is 186 Å². The molecule has 0 spiro atoms. The van der Waals surface area contributed by atoms with Crippen LogP contribution < -0.4 is 21.1 Å². The number of likely N-dealkylation sites (tertiary alicyclic amines) is 1. The Morgan fingerprint density at radius 2 is 1.96 bits per heavy atom. The first-order chi connectivity index (χ1) is 23.1. The molecule has 15 heteroatoms. The highest BCUT2D eigenvalue weighted by atomic mass is 32.1. The van der Waals surface area contributed by atoms with Crippen LogP contribution in [0.3, 0.4) is 0 Å². The summed E-state index contributed by atoms with van der Waals surface area (Å²) in [5, 5.41) is 14.2. The van der Waals surface area contributed by atoms with Gasteiger partial charge in [-0.15, -0.1) is 11.3 Å². The van der Waals surface area contributed by atoms with Gasteiger partial charge in [0.25, 0.3) is 0 Å². The molecule has 0 bridgehead atoms. The number of ether oxygens (including phenoxy) is 2. The number of nitrogen functional groups attached to an aromatic ring is 1. The maximum absolute atomic E-state index is 13.6. The predicted octanol–water partition coefficient (Wildman–Crippen LogP) is 4.15. The van der Waals surface area contributed by atoms with E-state index in [9.17, 15) is 14.9 Å². The largest absolute Gasteiger partial charge is 0.459 e. The molecule has 1 amide bonds. The summed E-state index contributed by atoms with van der Waals surface area (Å²) >= 11 is 1.34. The van der Waals surface area contributed by atoms with E-state index in [4.69, 9.17) is 30.8 Å². The van der Waals surface area contributed by atoms with Crippen LogP contribution in [-0.2, 0) is 26.2 Å². The van der Waals surface area contributed by atoms with Crippen molar-refractivity contribution in [2.45, 2.75) is 109 Å². The highest BCUT2D eigenvalue weighted by Gasteiger charge is 2.45. The molecule has 2 fully saturated rings. The van der Waals surface area contributed by atoms with Crippen molar-refractivity contribution in [3.63, 3.8) is 0 Å². The summed E-state index contributed by atoms with van der Waals surface area (Å²) in [6.07, 6.45) is 4.17. The number of fused-ring (bicyclic) bond motifs is 1. The third-order valence-corrected chi connectivity index (χ3v) is 10.7. The highest BCUT2D eigenvalue weighted by molar-refractivity contribution is 7.16. The molecule has 0 unspecified atom stereocenters. The number of thiophene rings is 1. The maximum atomic E-state index is 13.6. The third kappa shape index (κ3) is 7.86. The van der Waals surface area contributed by atoms with Gasteiger partial charge in [0.05, 0.1) is 11.0 Å². The predicted molar refractivity (Wildman–Crippen MR) is 188 cm³/mol. The summed E-state index contributed by atoms with van der Waals surface area (Å²) < 4.78 is 12.0. The Morgan fingerprint density at radius 1 is 1.20 bits per heavy atom. The second kappa shape index (κ2) is 14.4. The molecule has 4 heterocycles. The van der Waals surface area contributed by atoms with Gasteiger partial charge in [0.15, 0.2) is 5.84 Å². The standard InChI is InChI=1S/C34H49N9O5S/c1-20-19-42(32(45)47-33(3,4)5)15-10-16-43(20)26-17-23(38-31(39-26)46-21(2)24-11-9-14-41(24)7)28(36)40-48-30(44)34(6)13-8-12-25-27(34)22(18-35)29(37)49-25/h17,20-21,24H,8-16,19,37H2,1-7H3,(H2,36,40)/t20-,21-,24-,34-/m0/s1. The lowest BCUT2D eigenvalue weighted by atomic mass is 9.72. The summed E-state index contributed by atoms with van der Waals surface area (Å²) in [4.78, 5) is 48.4. The van der Waals surface area contributed by atoms with Crippen LogP contribution in [0.1, 0.15) is 95.3 Å². The van der Waals surface area contributed by atoms with Gasteiger partial charge in [0, 0.05) is 48.2 Å². The van der Waals surface area contributed by atoms with Gasteiger partial charge in [-0.2, -0.15) is 15.2 Å². The number of oxime groups is 1. The number of amidine groups is 1. The van der Waals surface area contributed by atoms with Crippen LogP contribution in [-0.4, -0.2) is 94.7 Å². The van der Waals surface area contributed by atoms with Gasteiger partial charge in [-0.1, -0.05) is 5.16 Å². The average molecular weight is 696 g/mol. The number of hydrogen-bond donors (Lipinski definition) is 2. The van der Waals surface area contributed by atoms with E-state index in [2.05, 4.69) is 33.1 Å². The van der Waals surface area contributed by atoms with E-state index in [0.29, 0.717) is 54.4 Å². The Labute approximate surface area is 292 Å². The van der Waals surface area contributed by atoms with Gasteiger partial charge in [-0.3, -0.25) is 4.90 Å². The zero-order valence-corrected chi connectivity index (χ0v) is 30.4. The number of nitrogens with two attached hydrogens (primary N) is 2. The summed E-state index contributed by atoms with van der Waals surface area (Å²) in [6, 6.07) is 4.05. The molecule has 5 rings (SSSR count). The van der Waals surface area contributed by atoms with Gasteiger partial charge < -0.3 is 35.6 Å². The number of anilines is 2. The normalized spacial score (nSPS) is 24.1. The van der Waals surface area contributed by atoms with Crippen molar-refractivity contribution in [1.29, 1.82) is 5.26 Å². The van der Waals surface area contributed by atoms with E-state index in [-0.39, 0.29) is 41.8 Å². The first kappa shape index (κ1) is 36.1. The summed E-state index contributed by atoms with van der Waals surface area (Å²) in [7, 11) is 2.08. The molecule has 1 aliphatic carbocycles. The number of nitriles is 1. The zero-order chi connectivity index (χ0) is 35.7. The summed E-state index contributed by atoms with van der Waals surface area (Å²) in [6.45, 7) is 13.9. The van der Waals surface area contributed by atoms with E-state index in [1.807, 2.05) is 34.6 Å². The van der Waals surface area contributed by atoms with E-state index < -0.39 is 17.0 Å². The van der Waals surface area contributed by atoms with Crippen LogP contribution in [0.15, 0.2) is 11.2 Å². The quantitative estimate of drug-likeness (QED) is 0.183. The van der Waals surface area contributed by atoms with Crippen LogP contribution in [0.25, 0.3) is 0 Å². The van der Waals surface area contributed by atoms with Crippen molar-refractivity contribution in [3.8, 4) is 12.1 Å². The smallest absolute Gasteiger partial charge is 0.410 e. The van der Waals surface area contributed by atoms with Crippen molar-refractivity contribution in [3.05, 3.63) is 27.8 Å². The number of amides is 1. The number of likely N-dealkylation sites (N-methyl/N-ethyl adjacent to an activating group) is 1. The van der Waals surface area contributed by atoms with E-state index in [1.165, 1.54) is 11.3 Å². The molecule has 2 aromatic heterocycles. The maximum Gasteiger partial charge on any atom is 0.410 e. The Balaban J connectivity index is 1.43. The van der Waals surface area contributed by atoms with E-state index in [0.717, 1.165) is 37.1 Å². The van der Waals surface area contributed by atoms with Gasteiger partial charge in [-0.05, 0) is 93.7 Å². The Kier molecular flexibility index (Phi) is 10.6. The lowest BCUT2D eigenvalue weighted by Gasteiger charge is -2.31. The lowest BCUT2D eigenvalue weighted by molar-refractivity contribution is -0.150. The molecular weight excluding hydrogens is 646 g/mol. The van der Waals surface area contributed by atoms with E-state index >= 15 is 0 Å². The zero-order valence-electron chi connectivity index (χ0n) is 29.6. The fourth-order valence-electron chi connectivity index (χ4n) is 7.05. The molecular formula is C34H49N9O5S. The number of carbonyl (C=O) groups excluding carboxylic acids is 2. The number of aromatic nitrogens is 2. The molecule has 2 aromatic rings. The number of rotatable bonds is 7. The molecule has 4 atom stereocenters. The summed E-state index contributed by atoms with van der Waals surface area (Å²) in [5.74, 6) is -0.209. The first-order valence-electron chi connectivity index (χ1n) is 17.0. The van der Waals surface area contributed by atoms with Crippen LogP contribution in [0, 0.1) is 11.3 Å². The second-order valence-electron chi connectivity index (χ2n) is 14.5. The van der Waals surface area contributed by atoms with Crippen molar-refractivity contribution in [2.24, 2.45) is 10.9 Å².